The molecule has 20 heavy (non-hydrogen) atoms. The second-order valence-electron chi connectivity index (χ2n) is 6.04. The summed E-state index contributed by atoms with van der Waals surface area (Å²) in [5, 5.41) is 10.4. The Labute approximate surface area is 124 Å². The molecular weight excluding hydrogens is 278 g/mol. The predicted octanol–water partition coefficient (Wildman–Crippen LogP) is 1.21. The summed E-state index contributed by atoms with van der Waals surface area (Å²) in [4.78, 5) is 16.4. The number of aliphatic hydroxyl groups is 1. The molecule has 0 bridgehead atoms. The predicted molar refractivity (Wildman–Crippen MR) is 79.1 cm³/mol. The van der Waals surface area contributed by atoms with Crippen LogP contribution >= 0.6 is 11.6 Å². The molecule has 0 atom stereocenters. The lowest BCUT2D eigenvalue weighted by atomic mass is 10.1. The summed E-state index contributed by atoms with van der Waals surface area (Å²) in [6.45, 7) is 7.16. The minimum absolute atomic E-state index is 0.0160. The van der Waals surface area contributed by atoms with Crippen LogP contribution in [0.1, 0.15) is 24.3 Å². The van der Waals surface area contributed by atoms with Crippen LogP contribution in [-0.2, 0) is 7.05 Å². The van der Waals surface area contributed by atoms with E-state index in [4.69, 9.17) is 11.6 Å². The van der Waals surface area contributed by atoms with Crippen LogP contribution in [0.15, 0.2) is 12.3 Å². The zero-order chi connectivity index (χ0) is 14.9. The first-order valence-corrected chi connectivity index (χ1v) is 7.20. The molecule has 2 heterocycles. The number of aryl methyl sites for hydroxylation is 1. The number of carbonyl (C=O) groups is 1. The molecule has 1 N–H and O–H groups in total. The molecule has 0 unspecified atom stereocenters. The zero-order valence-electron chi connectivity index (χ0n) is 12.3. The third kappa shape index (κ3) is 3.75. The average molecular weight is 300 g/mol. The Hall–Kier alpha value is -1.04. The number of rotatable bonds is 3. The highest BCUT2D eigenvalue weighted by molar-refractivity contribution is 6.31. The zero-order valence-corrected chi connectivity index (χ0v) is 13.0. The van der Waals surface area contributed by atoms with Gasteiger partial charge in [0.25, 0.3) is 5.91 Å². The van der Waals surface area contributed by atoms with E-state index in [1.54, 1.807) is 30.7 Å². The third-order valence-electron chi connectivity index (χ3n) is 3.46. The fourth-order valence-electron chi connectivity index (χ4n) is 2.56. The maximum absolute atomic E-state index is 12.4. The summed E-state index contributed by atoms with van der Waals surface area (Å²) in [7, 11) is 1.82. The van der Waals surface area contributed by atoms with Crippen molar-refractivity contribution in [2.45, 2.75) is 19.4 Å². The molecule has 0 saturated carbocycles. The molecule has 1 saturated heterocycles. The second-order valence-corrected chi connectivity index (χ2v) is 6.47. The van der Waals surface area contributed by atoms with Gasteiger partial charge in [0.1, 0.15) is 5.69 Å². The highest BCUT2D eigenvalue weighted by Gasteiger charge is 2.26. The van der Waals surface area contributed by atoms with Crippen LogP contribution in [0.4, 0.5) is 0 Å². The lowest BCUT2D eigenvalue weighted by molar-refractivity contribution is 0.0176. The molecule has 1 amide bonds. The van der Waals surface area contributed by atoms with Crippen molar-refractivity contribution in [2.75, 3.05) is 32.7 Å². The van der Waals surface area contributed by atoms with Gasteiger partial charge in [-0.1, -0.05) is 11.6 Å². The van der Waals surface area contributed by atoms with Gasteiger partial charge >= 0.3 is 0 Å². The Morgan fingerprint density at radius 2 is 1.95 bits per heavy atom. The fraction of sp³-hybridized carbons (Fsp3) is 0.643. The van der Waals surface area contributed by atoms with Gasteiger partial charge in [-0.15, -0.1) is 0 Å². The molecule has 1 aromatic rings. The Kier molecular flexibility index (Phi) is 4.42. The lowest BCUT2D eigenvalue weighted by Crippen LogP contribution is -2.52. The van der Waals surface area contributed by atoms with Gasteiger partial charge in [-0.3, -0.25) is 9.69 Å². The van der Waals surface area contributed by atoms with Gasteiger partial charge in [0.2, 0.25) is 0 Å². The maximum atomic E-state index is 12.4. The summed E-state index contributed by atoms with van der Waals surface area (Å²) in [6.07, 6.45) is 1.74. The van der Waals surface area contributed by atoms with E-state index in [1.165, 1.54) is 0 Å². The van der Waals surface area contributed by atoms with Crippen molar-refractivity contribution >= 4 is 17.5 Å². The van der Waals surface area contributed by atoms with E-state index in [0.717, 1.165) is 13.1 Å². The Bertz CT molecular complexity index is 485. The van der Waals surface area contributed by atoms with Gasteiger partial charge in [0, 0.05) is 46.0 Å². The van der Waals surface area contributed by atoms with Gasteiger partial charge in [-0.25, -0.2) is 0 Å². The Morgan fingerprint density at radius 1 is 1.35 bits per heavy atom. The molecule has 2 rings (SSSR count). The van der Waals surface area contributed by atoms with Crippen molar-refractivity contribution in [3.05, 3.63) is 23.0 Å². The number of nitrogens with zero attached hydrogens (tertiary/aromatic N) is 3. The second kappa shape index (κ2) is 5.76. The van der Waals surface area contributed by atoms with E-state index in [9.17, 15) is 9.90 Å². The smallest absolute Gasteiger partial charge is 0.270 e. The van der Waals surface area contributed by atoms with E-state index in [0.29, 0.717) is 30.4 Å². The molecule has 0 spiro atoms. The largest absolute Gasteiger partial charge is 0.389 e. The van der Waals surface area contributed by atoms with E-state index in [2.05, 4.69) is 4.90 Å². The minimum Gasteiger partial charge on any atom is -0.389 e. The van der Waals surface area contributed by atoms with E-state index in [1.807, 2.05) is 11.9 Å². The molecular formula is C14H22ClN3O2. The summed E-state index contributed by atoms with van der Waals surface area (Å²) in [5.74, 6) is 0.0160. The van der Waals surface area contributed by atoms with Crippen molar-refractivity contribution < 1.29 is 9.90 Å². The molecule has 0 radical (unpaired) electrons. The number of hydrogen-bond acceptors (Lipinski definition) is 3. The van der Waals surface area contributed by atoms with Gasteiger partial charge in [0.15, 0.2) is 0 Å². The number of amides is 1. The molecule has 5 nitrogen and oxygen atoms in total. The summed E-state index contributed by atoms with van der Waals surface area (Å²) in [5.41, 5.74) is -0.0800. The minimum atomic E-state index is -0.697. The van der Waals surface area contributed by atoms with E-state index < -0.39 is 5.60 Å². The summed E-state index contributed by atoms with van der Waals surface area (Å²) in [6, 6.07) is 1.70. The normalized spacial score (nSPS) is 17.6. The molecule has 1 aromatic heterocycles. The van der Waals surface area contributed by atoms with Crippen molar-refractivity contribution in [2.24, 2.45) is 7.05 Å². The van der Waals surface area contributed by atoms with E-state index in [-0.39, 0.29) is 5.91 Å². The molecule has 0 aliphatic carbocycles. The number of halogens is 1. The van der Waals surface area contributed by atoms with Gasteiger partial charge in [0.05, 0.1) is 10.6 Å². The molecule has 0 aromatic carbocycles. The van der Waals surface area contributed by atoms with Crippen LogP contribution in [0, 0.1) is 0 Å². The quantitative estimate of drug-likeness (QED) is 0.912. The van der Waals surface area contributed by atoms with Crippen molar-refractivity contribution in [1.82, 2.24) is 14.4 Å². The number of piperazine rings is 1. The first kappa shape index (κ1) is 15.4. The van der Waals surface area contributed by atoms with Crippen LogP contribution < -0.4 is 0 Å². The third-order valence-corrected chi connectivity index (χ3v) is 3.67. The van der Waals surface area contributed by atoms with Crippen LogP contribution in [0.3, 0.4) is 0 Å². The van der Waals surface area contributed by atoms with Gasteiger partial charge in [-0.2, -0.15) is 0 Å². The summed E-state index contributed by atoms with van der Waals surface area (Å²) >= 11 is 5.92. The topological polar surface area (TPSA) is 48.7 Å². The SMILES string of the molecule is Cn1cc(Cl)cc1C(=O)N1CCN(CC(C)(C)O)CC1. The first-order valence-electron chi connectivity index (χ1n) is 6.82. The molecule has 1 aliphatic rings. The first-order chi connectivity index (χ1) is 9.26. The average Bonchev–Trinajstić information content (AvgIpc) is 2.66. The highest BCUT2D eigenvalue weighted by atomic mass is 35.5. The standard InChI is InChI=1S/C14H22ClN3O2/c1-14(2,20)10-17-4-6-18(7-5-17)13(19)12-8-11(15)9-16(12)3/h8-9,20H,4-7,10H2,1-3H3. The van der Waals surface area contributed by atoms with Crippen LogP contribution in [0.25, 0.3) is 0 Å². The number of carbonyl (C=O) groups excluding carboxylic acids is 1. The van der Waals surface area contributed by atoms with E-state index >= 15 is 0 Å². The van der Waals surface area contributed by atoms with Crippen molar-refractivity contribution in [3.8, 4) is 0 Å². The van der Waals surface area contributed by atoms with Crippen LogP contribution in [0.5, 0.6) is 0 Å². The lowest BCUT2D eigenvalue weighted by Gasteiger charge is -2.37. The summed E-state index contributed by atoms with van der Waals surface area (Å²) < 4.78 is 1.76. The monoisotopic (exact) mass is 299 g/mol. The maximum Gasteiger partial charge on any atom is 0.270 e. The molecule has 1 aliphatic heterocycles. The Morgan fingerprint density at radius 3 is 2.40 bits per heavy atom. The number of β-amino-alcohol motifs (C(OH)–C–C–N with tert-alkyl or cyclic N) is 1. The molecule has 6 heteroatoms. The number of hydrogen-bond donors (Lipinski definition) is 1. The van der Waals surface area contributed by atoms with Crippen molar-refractivity contribution in [1.29, 1.82) is 0 Å². The molecule has 112 valence electrons. The van der Waals surface area contributed by atoms with Crippen LogP contribution in [-0.4, -0.2) is 63.7 Å². The molecule has 1 fully saturated rings. The van der Waals surface area contributed by atoms with Crippen LogP contribution in [0.2, 0.25) is 5.02 Å². The van der Waals surface area contributed by atoms with Gasteiger partial charge in [-0.05, 0) is 19.9 Å². The van der Waals surface area contributed by atoms with Gasteiger partial charge < -0.3 is 14.6 Å². The number of aromatic nitrogens is 1. The fourth-order valence-corrected chi connectivity index (χ4v) is 2.80. The highest BCUT2D eigenvalue weighted by Crippen LogP contribution is 2.16. The van der Waals surface area contributed by atoms with Crippen molar-refractivity contribution in [3.63, 3.8) is 0 Å². The Balaban J connectivity index is 1.94.